The van der Waals surface area contributed by atoms with Crippen LogP contribution in [0, 0.1) is 0 Å². The summed E-state index contributed by atoms with van der Waals surface area (Å²) in [5.41, 5.74) is 0.292. The molecule has 1 aromatic heterocycles. The minimum absolute atomic E-state index is 0.0520. The van der Waals surface area contributed by atoms with Gasteiger partial charge in [0.1, 0.15) is 11.5 Å². The molecule has 0 aliphatic heterocycles. The Morgan fingerprint density at radius 2 is 2.11 bits per heavy atom. The third-order valence-electron chi connectivity index (χ3n) is 2.23. The zero-order valence-corrected chi connectivity index (χ0v) is 10.6. The molecule has 0 fully saturated rings. The molecule has 3 N–H and O–H groups in total. The molecule has 0 aliphatic rings. The molecule has 2 amide bonds. The zero-order valence-electron chi connectivity index (χ0n) is 10.6. The summed E-state index contributed by atoms with van der Waals surface area (Å²) in [5.74, 6) is 0.0480. The van der Waals surface area contributed by atoms with Crippen molar-refractivity contribution < 1.29 is 9.59 Å². The van der Waals surface area contributed by atoms with Crippen molar-refractivity contribution in [3.05, 3.63) is 23.9 Å². The molecule has 0 radical (unpaired) electrons. The van der Waals surface area contributed by atoms with E-state index in [1.54, 1.807) is 18.2 Å². The number of hydrogen-bond donors (Lipinski definition) is 3. The number of aromatic nitrogens is 1. The molecule has 1 rings (SSSR count). The molecule has 0 aromatic carbocycles. The summed E-state index contributed by atoms with van der Waals surface area (Å²) >= 11 is 0. The summed E-state index contributed by atoms with van der Waals surface area (Å²) in [6.45, 7) is 2.80. The number of pyridine rings is 1. The van der Waals surface area contributed by atoms with Crippen molar-refractivity contribution in [1.29, 1.82) is 0 Å². The molecule has 6 nitrogen and oxygen atoms in total. The van der Waals surface area contributed by atoms with E-state index in [-0.39, 0.29) is 18.4 Å². The van der Waals surface area contributed by atoms with Gasteiger partial charge in [-0.2, -0.15) is 0 Å². The van der Waals surface area contributed by atoms with Gasteiger partial charge in [0.2, 0.25) is 5.91 Å². The first kappa shape index (κ1) is 14.0. The van der Waals surface area contributed by atoms with E-state index in [4.69, 9.17) is 0 Å². The van der Waals surface area contributed by atoms with Gasteiger partial charge >= 0.3 is 0 Å². The van der Waals surface area contributed by atoms with Gasteiger partial charge < -0.3 is 16.0 Å². The summed E-state index contributed by atoms with van der Waals surface area (Å²) in [6, 6.07) is 5.15. The predicted octanol–water partition coefficient (Wildman–Crippen LogP) is 0.379. The second-order valence-electron chi connectivity index (χ2n) is 3.69. The highest BCUT2D eigenvalue weighted by molar-refractivity contribution is 5.95. The van der Waals surface area contributed by atoms with Crippen molar-refractivity contribution in [3.8, 4) is 0 Å². The van der Waals surface area contributed by atoms with Gasteiger partial charge in [0, 0.05) is 13.6 Å². The van der Waals surface area contributed by atoms with Crippen molar-refractivity contribution in [3.63, 3.8) is 0 Å². The lowest BCUT2D eigenvalue weighted by Crippen LogP contribution is -2.35. The number of amides is 2. The molecule has 98 valence electrons. The second-order valence-corrected chi connectivity index (χ2v) is 3.69. The van der Waals surface area contributed by atoms with E-state index in [9.17, 15) is 9.59 Å². The van der Waals surface area contributed by atoms with Crippen LogP contribution in [-0.2, 0) is 4.79 Å². The molecule has 0 aliphatic carbocycles. The Bertz CT molecular complexity index is 420. The van der Waals surface area contributed by atoms with Crippen LogP contribution in [0.2, 0.25) is 0 Å². The van der Waals surface area contributed by atoms with E-state index in [2.05, 4.69) is 20.9 Å². The number of carbonyl (C=O) groups excluding carboxylic acids is 2. The standard InChI is InChI=1S/C12H18N4O2/c1-3-7-14-10-6-4-5-9(16-10)12(18)15-8-11(17)13-2/h4-6H,3,7-8H2,1-2H3,(H,13,17)(H,14,16)(H,15,18). The number of likely N-dealkylation sites (N-methyl/N-ethyl adjacent to an activating group) is 1. The molecule has 1 heterocycles. The van der Waals surface area contributed by atoms with Crippen LogP contribution in [0.25, 0.3) is 0 Å². The highest BCUT2D eigenvalue weighted by Gasteiger charge is 2.08. The Labute approximate surface area is 106 Å². The molecular formula is C12H18N4O2. The lowest BCUT2D eigenvalue weighted by molar-refractivity contribution is -0.119. The Kier molecular flexibility index (Phi) is 5.63. The zero-order chi connectivity index (χ0) is 13.4. The average Bonchev–Trinajstić information content (AvgIpc) is 2.42. The highest BCUT2D eigenvalue weighted by atomic mass is 16.2. The van der Waals surface area contributed by atoms with Gasteiger partial charge in [-0.05, 0) is 18.6 Å². The van der Waals surface area contributed by atoms with Gasteiger partial charge in [-0.1, -0.05) is 13.0 Å². The maximum atomic E-state index is 11.7. The van der Waals surface area contributed by atoms with E-state index in [0.717, 1.165) is 13.0 Å². The largest absolute Gasteiger partial charge is 0.370 e. The van der Waals surface area contributed by atoms with Crippen LogP contribution < -0.4 is 16.0 Å². The molecule has 0 saturated heterocycles. The fourth-order valence-corrected chi connectivity index (χ4v) is 1.25. The third-order valence-corrected chi connectivity index (χ3v) is 2.23. The molecule has 0 atom stereocenters. The first-order chi connectivity index (χ1) is 8.67. The van der Waals surface area contributed by atoms with Crippen LogP contribution in [0.15, 0.2) is 18.2 Å². The van der Waals surface area contributed by atoms with Gasteiger partial charge in [-0.3, -0.25) is 9.59 Å². The van der Waals surface area contributed by atoms with Crippen LogP contribution in [0.4, 0.5) is 5.82 Å². The Hall–Kier alpha value is -2.11. The molecule has 18 heavy (non-hydrogen) atoms. The molecule has 0 unspecified atom stereocenters. The maximum Gasteiger partial charge on any atom is 0.270 e. The third kappa shape index (κ3) is 4.40. The summed E-state index contributed by atoms with van der Waals surface area (Å²) in [7, 11) is 1.52. The van der Waals surface area contributed by atoms with Crippen molar-refractivity contribution in [2.45, 2.75) is 13.3 Å². The monoisotopic (exact) mass is 250 g/mol. The van der Waals surface area contributed by atoms with Crippen LogP contribution in [0.3, 0.4) is 0 Å². The maximum absolute atomic E-state index is 11.7. The van der Waals surface area contributed by atoms with E-state index in [1.807, 2.05) is 6.92 Å². The highest BCUT2D eigenvalue weighted by Crippen LogP contribution is 2.04. The van der Waals surface area contributed by atoms with Crippen LogP contribution in [0.5, 0.6) is 0 Å². The molecular weight excluding hydrogens is 232 g/mol. The first-order valence-corrected chi connectivity index (χ1v) is 5.87. The Balaban J connectivity index is 2.59. The fraction of sp³-hybridized carbons (Fsp3) is 0.417. The van der Waals surface area contributed by atoms with Gasteiger partial charge in [0.05, 0.1) is 6.54 Å². The van der Waals surface area contributed by atoms with E-state index in [1.165, 1.54) is 7.05 Å². The van der Waals surface area contributed by atoms with E-state index in [0.29, 0.717) is 11.5 Å². The topological polar surface area (TPSA) is 83.1 Å². The van der Waals surface area contributed by atoms with Gasteiger partial charge in [0.25, 0.3) is 5.91 Å². The SMILES string of the molecule is CCCNc1cccc(C(=O)NCC(=O)NC)n1. The summed E-state index contributed by atoms with van der Waals surface area (Å²) < 4.78 is 0. The number of hydrogen-bond acceptors (Lipinski definition) is 4. The van der Waals surface area contributed by atoms with E-state index < -0.39 is 0 Å². The number of nitrogens with zero attached hydrogens (tertiary/aromatic N) is 1. The minimum atomic E-state index is -0.362. The van der Waals surface area contributed by atoms with E-state index >= 15 is 0 Å². The molecule has 0 spiro atoms. The second kappa shape index (κ2) is 7.26. The minimum Gasteiger partial charge on any atom is -0.370 e. The molecule has 6 heteroatoms. The van der Waals surface area contributed by atoms with Crippen LogP contribution in [-0.4, -0.2) is 36.9 Å². The number of anilines is 1. The van der Waals surface area contributed by atoms with Crippen LogP contribution in [0.1, 0.15) is 23.8 Å². The van der Waals surface area contributed by atoms with Crippen molar-refractivity contribution >= 4 is 17.6 Å². The molecule has 1 aromatic rings. The summed E-state index contributed by atoms with van der Waals surface area (Å²) in [6.07, 6.45) is 0.981. The smallest absolute Gasteiger partial charge is 0.270 e. The lowest BCUT2D eigenvalue weighted by Gasteiger charge is -2.06. The number of carbonyl (C=O) groups is 2. The number of rotatable bonds is 6. The first-order valence-electron chi connectivity index (χ1n) is 5.87. The quantitative estimate of drug-likeness (QED) is 0.681. The lowest BCUT2D eigenvalue weighted by atomic mass is 10.3. The van der Waals surface area contributed by atoms with Crippen molar-refractivity contribution in [1.82, 2.24) is 15.6 Å². The van der Waals surface area contributed by atoms with Gasteiger partial charge in [0.15, 0.2) is 0 Å². The predicted molar refractivity (Wildman–Crippen MR) is 69.4 cm³/mol. The summed E-state index contributed by atoms with van der Waals surface area (Å²) in [4.78, 5) is 26.9. The fourth-order valence-electron chi connectivity index (χ4n) is 1.25. The molecule has 0 bridgehead atoms. The van der Waals surface area contributed by atoms with Crippen LogP contribution >= 0.6 is 0 Å². The van der Waals surface area contributed by atoms with Crippen molar-refractivity contribution in [2.75, 3.05) is 25.5 Å². The average molecular weight is 250 g/mol. The van der Waals surface area contributed by atoms with Crippen molar-refractivity contribution in [2.24, 2.45) is 0 Å². The molecule has 0 saturated carbocycles. The Morgan fingerprint density at radius 1 is 1.33 bits per heavy atom. The summed E-state index contributed by atoms with van der Waals surface area (Å²) in [5, 5.41) is 8.01. The number of nitrogens with one attached hydrogen (secondary N) is 3. The normalized spacial score (nSPS) is 9.67. The Morgan fingerprint density at radius 3 is 2.78 bits per heavy atom. The van der Waals surface area contributed by atoms with Gasteiger partial charge in [-0.15, -0.1) is 0 Å². The van der Waals surface area contributed by atoms with Gasteiger partial charge in [-0.25, -0.2) is 4.98 Å².